The molecule has 0 fully saturated rings. The largest absolute Gasteiger partial charge is 0.496 e. The minimum atomic E-state index is -0.287. The molecule has 0 spiro atoms. The van der Waals surface area contributed by atoms with E-state index in [4.69, 9.17) is 15.7 Å². The summed E-state index contributed by atoms with van der Waals surface area (Å²) < 4.78 is 5.18. The molecule has 3 heteroatoms. The lowest BCUT2D eigenvalue weighted by Crippen LogP contribution is -2.11. The standard InChI is InChI=1S/C11H14N2O/c1-8-3-4-11(14-2)10(5-8)9(6-12)7-13/h3-5,9H,6,12H2,1-2H3. The summed E-state index contributed by atoms with van der Waals surface area (Å²) in [5.41, 5.74) is 7.49. The molecule has 0 saturated carbocycles. The summed E-state index contributed by atoms with van der Waals surface area (Å²) in [5, 5.41) is 8.90. The van der Waals surface area contributed by atoms with Crippen LogP contribution in [0.4, 0.5) is 0 Å². The van der Waals surface area contributed by atoms with Crippen molar-refractivity contribution in [2.45, 2.75) is 12.8 Å². The lowest BCUT2D eigenvalue weighted by atomic mass is 9.98. The van der Waals surface area contributed by atoms with Crippen molar-refractivity contribution in [3.63, 3.8) is 0 Å². The fourth-order valence-electron chi connectivity index (χ4n) is 1.38. The molecule has 1 aromatic carbocycles. The van der Waals surface area contributed by atoms with Crippen LogP contribution in [0.3, 0.4) is 0 Å². The van der Waals surface area contributed by atoms with Crippen molar-refractivity contribution >= 4 is 0 Å². The van der Waals surface area contributed by atoms with Crippen LogP contribution in [-0.4, -0.2) is 13.7 Å². The summed E-state index contributed by atoms with van der Waals surface area (Å²) >= 11 is 0. The Morgan fingerprint density at radius 1 is 1.57 bits per heavy atom. The fourth-order valence-corrected chi connectivity index (χ4v) is 1.38. The van der Waals surface area contributed by atoms with Gasteiger partial charge in [0.1, 0.15) is 5.75 Å². The molecule has 1 atom stereocenters. The third-order valence-corrected chi connectivity index (χ3v) is 2.15. The van der Waals surface area contributed by atoms with Gasteiger partial charge in [-0.3, -0.25) is 0 Å². The summed E-state index contributed by atoms with van der Waals surface area (Å²) in [5.74, 6) is 0.442. The molecule has 0 heterocycles. The van der Waals surface area contributed by atoms with Crippen molar-refractivity contribution in [2.24, 2.45) is 5.73 Å². The molecule has 74 valence electrons. The molecular weight excluding hydrogens is 176 g/mol. The first kappa shape index (κ1) is 10.6. The van der Waals surface area contributed by atoms with Crippen molar-refractivity contribution < 1.29 is 4.74 Å². The SMILES string of the molecule is COc1ccc(C)cc1C(C#N)CN. The molecule has 1 rings (SSSR count). The van der Waals surface area contributed by atoms with E-state index in [9.17, 15) is 0 Å². The highest BCUT2D eigenvalue weighted by Gasteiger charge is 2.13. The van der Waals surface area contributed by atoms with Crippen LogP contribution in [0.15, 0.2) is 18.2 Å². The van der Waals surface area contributed by atoms with Gasteiger partial charge < -0.3 is 10.5 Å². The van der Waals surface area contributed by atoms with Crippen LogP contribution in [0, 0.1) is 18.3 Å². The Hall–Kier alpha value is -1.53. The number of methoxy groups -OCH3 is 1. The summed E-state index contributed by atoms with van der Waals surface area (Å²) in [4.78, 5) is 0. The molecule has 14 heavy (non-hydrogen) atoms. The van der Waals surface area contributed by atoms with Crippen molar-refractivity contribution in [2.75, 3.05) is 13.7 Å². The van der Waals surface area contributed by atoms with Crippen molar-refractivity contribution in [3.8, 4) is 11.8 Å². The van der Waals surface area contributed by atoms with Crippen molar-refractivity contribution in [1.29, 1.82) is 5.26 Å². The smallest absolute Gasteiger partial charge is 0.123 e. The second-order valence-electron chi connectivity index (χ2n) is 3.16. The Morgan fingerprint density at radius 2 is 2.29 bits per heavy atom. The van der Waals surface area contributed by atoms with E-state index < -0.39 is 0 Å². The summed E-state index contributed by atoms with van der Waals surface area (Å²) in [6.45, 7) is 2.30. The number of nitrogens with two attached hydrogens (primary N) is 1. The van der Waals surface area contributed by atoms with Gasteiger partial charge in [0.25, 0.3) is 0 Å². The van der Waals surface area contributed by atoms with Crippen LogP contribution in [0.2, 0.25) is 0 Å². The molecule has 0 aromatic heterocycles. The number of aryl methyl sites for hydroxylation is 1. The van der Waals surface area contributed by atoms with Crippen LogP contribution in [0.5, 0.6) is 5.75 Å². The molecule has 0 aliphatic rings. The number of rotatable bonds is 3. The maximum absolute atomic E-state index is 8.90. The van der Waals surface area contributed by atoms with E-state index in [2.05, 4.69) is 6.07 Å². The number of hydrogen-bond acceptors (Lipinski definition) is 3. The average molecular weight is 190 g/mol. The second kappa shape index (κ2) is 4.64. The van der Waals surface area contributed by atoms with Gasteiger partial charge in [0, 0.05) is 12.1 Å². The lowest BCUT2D eigenvalue weighted by molar-refractivity contribution is 0.408. The number of ether oxygens (including phenoxy) is 1. The highest BCUT2D eigenvalue weighted by molar-refractivity contribution is 5.42. The average Bonchev–Trinajstić information content (AvgIpc) is 2.20. The first-order valence-corrected chi connectivity index (χ1v) is 4.47. The van der Waals surface area contributed by atoms with Crippen molar-refractivity contribution in [1.82, 2.24) is 0 Å². The molecular formula is C11H14N2O. The van der Waals surface area contributed by atoms with Gasteiger partial charge in [-0.25, -0.2) is 0 Å². The van der Waals surface area contributed by atoms with Gasteiger partial charge >= 0.3 is 0 Å². The summed E-state index contributed by atoms with van der Waals surface area (Å²) in [6, 6.07) is 7.93. The molecule has 0 saturated heterocycles. The van der Waals surface area contributed by atoms with Crippen LogP contribution in [0.1, 0.15) is 17.0 Å². The molecule has 0 aliphatic heterocycles. The normalized spacial score (nSPS) is 11.9. The molecule has 1 aromatic rings. The Kier molecular flexibility index (Phi) is 3.49. The van der Waals surface area contributed by atoms with Crippen LogP contribution in [-0.2, 0) is 0 Å². The molecule has 0 amide bonds. The fraction of sp³-hybridized carbons (Fsp3) is 0.364. The quantitative estimate of drug-likeness (QED) is 0.787. The molecule has 3 nitrogen and oxygen atoms in total. The van der Waals surface area contributed by atoms with E-state index >= 15 is 0 Å². The number of nitrogens with zero attached hydrogens (tertiary/aromatic N) is 1. The van der Waals surface area contributed by atoms with Crippen LogP contribution >= 0.6 is 0 Å². The van der Waals surface area contributed by atoms with E-state index in [0.29, 0.717) is 6.54 Å². The predicted molar refractivity (Wildman–Crippen MR) is 55.1 cm³/mol. The molecule has 0 bridgehead atoms. The Morgan fingerprint density at radius 3 is 2.79 bits per heavy atom. The monoisotopic (exact) mass is 190 g/mol. The Bertz CT molecular complexity index is 355. The van der Waals surface area contributed by atoms with Crippen LogP contribution < -0.4 is 10.5 Å². The van der Waals surface area contributed by atoms with E-state index in [1.807, 2.05) is 25.1 Å². The highest BCUT2D eigenvalue weighted by atomic mass is 16.5. The van der Waals surface area contributed by atoms with E-state index in [1.165, 1.54) is 0 Å². The molecule has 0 radical (unpaired) electrons. The minimum absolute atomic E-state index is 0.287. The Balaban J connectivity index is 3.16. The van der Waals surface area contributed by atoms with Gasteiger partial charge in [-0.05, 0) is 13.0 Å². The third-order valence-electron chi connectivity index (χ3n) is 2.15. The lowest BCUT2D eigenvalue weighted by Gasteiger charge is -2.12. The zero-order chi connectivity index (χ0) is 10.6. The van der Waals surface area contributed by atoms with Gasteiger partial charge in [-0.2, -0.15) is 5.26 Å². The third kappa shape index (κ3) is 2.04. The van der Waals surface area contributed by atoms with Gasteiger partial charge in [-0.1, -0.05) is 17.7 Å². The summed E-state index contributed by atoms with van der Waals surface area (Å²) in [6.07, 6.45) is 0. The number of hydrogen-bond donors (Lipinski definition) is 1. The Labute approximate surface area is 84.1 Å². The summed E-state index contributed by atoms with van der Waals surface area (Å²) in [7, 11) is 1.60. The zero-order valence-electron chi connectivity index (χ0n) is 8.45. The zero-order valence-corrected chi connectivity index (χ0v) is 8.45. The van der Waals surface area contributed by atoms with E-state index in [-0.39, 0.29) is 5.92 Å². The number of nitriles is 1. The topological polar surface area (TPSA) is 59.0 Å². The van der Waals surface area contributed by atoms with E-state index in [1.54, 1.807) is 7.11 Å². The first-order valence-electron chi connectivity index (χ1n) is 4.47. The molecule has 1 unspecified atom stereocenters. The maximum atomic E-state index is 8.90. The highest BCUT2D eigenvalue weighted by Crippen LogP contribution is 2.26. The van der Waals surface area contributed by atoms with Gasteiger partial charge in [0.15, 0.2) is 0 Å². The van der Waals surface area contributed by atoms with Crippen LogP contribution in [0.25, 0.3) is 0 Å². The maximum Gasteiger partial charge on any atom is 0.123 e. The second-order valence-corrected chi connectivity index (χ2v) is 3.16. The number of benzene rings is 1. The predicted octanol–water partition coefficient (Wildman–Crippen LogP) is 1.57. The van der Waals surface area contributed by atoms with Gasteiger partial charge in [-0.15, -0.1) is 0 Å². The van der Waals surface area contributed by atoms with E-state index in [0.717, 1.165) is 16.9 Å². The molecule has 2 N–H and O–H groups in total. The van der Waals surface area contributed by atoms with Gasteiger partial charge in [0.2, 0.25) is 0 Å². The first-order chi connectivity index (χ1) is 6.72. The van der Waals surface area contributed by atoms with Crippen molar-refractivity contribution in [3.05, 3.63) is 29.3 Å². The minimum Gasteiger partial charge on any atom is -0.496 e. The molecule has 0 aliphatic carbocycles. The van der Waals surface area contributed by atoms with Gasteiger partial charge in [0.05, 0.1) is 19.1 Å².